The minimum absolute atomic E-state index is 0.104. The highest BCUT2D eigenvalue weighted by molar-refractivity contribution is 5.95. The van der Waals surface area contributed by atoms with Gasteiger partial charge in [-0.05, 0) is 17.7 Å². The van der Waals surface area contributed by atoms with E-state index in [-0.39, 0.29) is 30.1 Å². The largest absolute Gasteiger partial charge is 0.494 e. The molecule has 0 radical (unpaired) electrons. The van der Waals surface area contributed by atoms with Crippen LogP contribution < -0.4 is 15.4 Å². The summed E-state index contributed by atoms with van der Waals surface area (Å²) in [6, 6.07) is 6.10. The molecule has 2 rings (SSSR count). The number of hydrogen-bond acceptors (Lipinski definition) is 7. The normalized spacial score (nSPS) is 11.4. The predicted molar refractivity (Wildman–Crippen MR) is 95.4 cm³/mol. The van der Waals surface area contributed by atoms with Gasteiger partial charge < -0.3 is 15.2 Å². The topological polar surface area (TPSA) is 144 Å². The number of nitrogens with zero attached hydrogens (tertiary/aromatic N) is 2. The lowest BCUT2D eigenvalue weighted by Crippen LogP contribution is -2.39. The number of benzene rings is 1. The van der Waals surface area contributed by atoms with Gasteiger partial charge in [-0.15, -0.1) is 0 Å². The van der Waals surface area contributed by atoms with Crippen molar-refractivity contribution in [2.45, 2.75) is 19.0 Å². The first-order valence-corrected chi connectivity index (χ1v) is 7.88. The number of nitro groups is 1. The standard InChI is InChI=1S/C17H18N4O6/c1-27-15-7-12(21(25)26)4-5-13(15)20-16(22)8-14(17(23)24)19-10-11-3-2-6-18-9-11/h2-7,9,14,19H,8,10H2,1H3,(H,20,22)(H,23,24). The molecule has 0 aliphatic rings. The fraction of sp³-hybridized carbons (Fsp3) is 0.235. The smallest absolute Gasteiger partial charge is 0.321 e. The molecular formula is C17H18N4O6. The molecule has 0 fully saturated rings. The fourth-order valence-electron chi connectivity index (χ4n) is 2.27. The Labute approximate surface area is 154 Å². The Hall–Kier alpha value is -3.53. The second kappa shape index (κ2) is 9.25. The van der Waals surface area contributed by atoms with Gasteiger partial charge in [-0.1, -0.05) is 6.07 Å². The summed E-state index contributed by atoms with van der Waals surface area (Å²) in [6.07, 6.45) is 2.85. The average molecular weight is 374 g/mol. The number of carbonyl (C=O) groups excluding carboxylic acids is 1. The van der Waals surface area contributed by atoms with Crippen molar-refractivity contribution in [2.75, 3.05) is 12.4 Å². The van der Waals surface area contributed by atoms with Gasteiger partial charge in [0.1, 0.15) is 11.8 Å². The maximum atomic E-state index is 12.2. The summed E-state index contributed by atoms with van der Waals surface area (Å²) in [5.41, 5.74) is 0.803. The van der Waals surface area contributed by atoms with E-state index in [1.54, 1.807) is 24.5 Å². The van der Waals surface area contributed by atoms with Crippen molar-refractivity contribution in [2.24, 2.45) is 0 Å². The Morgan fingerprint density at radius 3 is 2.74 bits per heavy atom. The van der Waals surface area contributed by atoms with Crippen molar-refractivity contribution >= 4 is 23.3 Å². The summed E-state index contributed by atoms with van der Waals surface area (Å²) in [4.78, 5) is 37.7. The third-order valence-electron chi connectivity index (χ3n) is 3.63. The number of ether oxygens (including phenoxy) is 1. The number of carboxylic acids is 1. The third-order valence-corrected chi connectivity index (χ3v) is 3.63. The van der Waals surface area contributed by atoms with Crippen molar-refractivity contribution in [3.63, 3.8) is 0 Å². The number of pyridine rings is 1. The number of nitro benzene ring substituents is 1. The molecule has 2 aromatic rings. The first-order chi connectivity index (χ1) is 12.9. The Morgan fingerprint density at radius 1 is 1.37 bits per heavy atom. The van der Waals surface area contributed by atoms with Crippen molar-refractivity contribution in [3.05, 3.63) is 58.4 Å². The Kier molecular flexibility index (Phi) is 6.78. The van der Waals surface area contributed by atoms with Crippen LogP contribution in [-0.2, 0) is 16.1 Å². The number of amides is 1. The highest BCUT2D eigenvalue weighted by atomic mass is 16.6. The van der Waals surface area contributed by atoms with Gasteiger partial charge >= 0.3 is 5.97 Å². The molecule has 142 valence electrons. The van der Waals surface area contributed by atoms with Gasteiger partial charge in [-0.2, -0.15) is 0 Å². The summed E-state index contributed by atoms with van der Waals surface area (Å²) >= 11 is 0. The number of rotatable bonds is 9. The first kappa shape index (κ1) is 19.8. The van der Waals surface area contributed by atoms with Crippen LogP contribution in [0.15, 0.2) is 42.7 Å². The van der Waals surface area contributed by atoms with E-state index in [4.69, 9.17) is 4.74 Å². The lowest BCUT2D eigenvalue weighted by molar-refractivity contribution is -0.384. The number of non-ortho nitro benzene ring substituents is 1. The lowest BCUT2D eigenvalue weighted by Gasteiger charge is -2.15. The van der Waals surface area contributed by atoms with Crippen LogP contribution in [0, 0.1) is 10.1 Å². The molecule has 1 unspecified atom stereocenters. The van der Waals surface area contributed by atoms with Crippen LogP contribution in [0.5, 0.6) is 5.75 Å². The Balaban J connectivity index is 2.01. The molecule has 27 heavy (non-hydrogen) atoms. The molecule has 0 saturated carbocycles. The zero-order chi connectivity index (χ0) is 19.8. The zero-order valence-electron chi connectivity index (χ0n) is 14.4. The molecule has 1 atom stereocenters. The summed E-state index contributed by atoms with van der Waals surface area (Å²) in [5.74, 6) is -1.65. The molecule has 0 aliphatic heterocycles. The molecule has 1 heterocycles. The van der Waals surface area contributed by atoms with Gasteiger partial charge in [-0.25, -0.2) is 0 Å². The summed E-state index contributed by atoms with van der Waals surface area (Å²) in [5, 5.41) is 25.4. The second-order valence-electron chi connectivity index (χ2n) is 5.53. The maximum absolute atomic E-state index is 12.2. The van der Waals surface area contributed by atoms with E-state index in [0.29, 0.717) is 0 Å². The number of carboxylic acid groups (broad SMARTS) is 1. The predicted octanol–water partition coefficient (Wildman–Crippen LogP) is 1.57. The van der Waals surface area contributed by atoms with Crippen LogP contribution in [0.2, 0.25) is 0 Å². The summed E-state index contributed by atoms with van der Waals surface area (Å²) < 4.78 is 5.04. The van der Waals surface area contributed by atoms with E-state index < -0.39 is 22.8 Å². The van der Waals surface area contributed by atoms with Gasteiger partial charge in [0, 0.05) is 25.0 Å². The third kappa shape index (κ3) is 5.75. The van der Waals surface area contributed by atoms with Crippen LogP contribution in [-0.4, -0.2) is 40.0 Å². The molecule has 0 spiro atoms. The minimum atomic E-state index is -1.18. The zero-order valence-corrected chi connectivity index (χ0v) is 14.4. The quantitative estimate of drug-likeness (QED) is 0.443. The van der Waals surface area contributed by atoms with E-state index in [1.807, 2.05) is 0 Å². The fourth-order valence-corrected chi connectivity index (χ4v) is 2.27. The van der Waals surface area contributed by atoms with Crippen LogP contribution >= 0.6 is 0 Å². The van der Waals surface area contributed by atoms with Crippen molar-refractivity contribution < 1.29 is 24.4 Å². The minimum Gasteiger partial charge on any atom is -0.494 e. The number of aliphatic carboxylic acids is 1. The molecular weight excluding hydrogens is 356 g/mol. The average Bonchev–Trinajstić information content (AvgIpc) is 2.65. The molecule has 1 aromatic carbocycles. The van der Waals surface area contributed by atoms with Crippen LogP contribution in [0.3, 0.4) is 0 Å². The van der Waals surface area contributed by atoms with Gasteiger partial charge in [0.05, 0.1) is 30.2 Å². The molecule has 1 amide bonds. The van der Waals surface area contributed by atoms with Gasteiger partial charge in [0.2, 0.25) is 5.91 Å². The molecule has 0 aliphatic carbocycles. The highest BCUT2D eigenvalue weighted by Crippen LogP contribution is 2.29. The number of anilines is 1. The molecule has 3 N–H and O–H groups in total. The lowest BCUT2D eigenvalue weighted by atomic mass is 10.1. The second-order valence-corrected chi connectivity index (χ2v) is 5.53. The van der Waals surface area contributed by atoms with Gasteiger partial charge in [-0.3, -0.25) is 30.0 Å². The first-order valence-electron chi connectivity index (χ1n) is 7.88. The molecule has 10 nitrogen and oxygen atoms in total. The monoisotopic (exact) mass is 374 g/mol. The Morgan fingerprint density at radius 2 is 2.15 bits per heavy atom. The van der Waals surface area contributed by atoms with Crippen LogP contribution in [0.4, 0.5) is 11.4 Å². The van der Waals surface area contributed by atoms with E-state index in [0.717, 1.165) is 5.56 Å². The molecule has 0 saturated heterocycles. The van der Waals surface area contributed by atoms with Gasteiger partial charge in [0.25, 0.3) is 5.69 Å². The van der Waals surface area contributed by atoms with Crippen molar-refractivity contribution in [1.82, 2.24) is 10.3 Å². The number of carbonyl (C=O) groups is 2. The number of aromatic nitrogens is 1. The summed E-state index contributed by atoms with van der Waals surface area (Å²) in [7, 11) is 1.31. The highest BCUT2D eigenvalue weighted by Gasteiger charge is 2.22. The van der Waals surface area contributed by atoms with Crippen LogP contribution in [0.25, 0.3) is 0 Å². The van der Waals surface area contributed by atoms with Crippen molar-refractivity contribution in [3.8, 4) is 5.75 Å². The van der Waals surface area contributed by atoms with Gasteiger partial charge in [0.15, 0.2) is 0 Å². The molecule has 1 aromatic heterocycles. The van der Waals surface area contributed by atoms with E-state index >= 15 is 0 Å². The maximum Gasteiger partial charge on any atom is 0.321 e. The van der Waals surface area contributed by atoms with E-state index in [1.165, 1.54) is 25.3 Å². The van der Waals surface area contributed by atoms with Crippen LogP contribution in [0.1, 0.15) is 12.0 Å². The van der Waals surface area contributed by atoms with E-state index in [9.17, 15) is 24.8 Å². The molecule has 10 heteroatoms. The number of nitrogens with one attached hydrogen (secondary N) is 2. The number of hydrogen-bond donors (Lipinski definition) is 3. The number of methoxy groups -OCH3 is 1. The van der Waals surface area contributed by atoms with E-state index in [2.05, 4.69) is 15.6 Å². The molecule has 0 bridgehead atoms. The van der Waals surface area contributed by atoms with Crippen molar-refractivity contribution in [1.29, 1.82) is 0 Å². The Bertz CT molecular complexity index is 827. The summed E-state index contributed by atoms with van der Waals surface area (Å²) in [6.45, 7) is 0.235. The SMILES string of the molecule is COc1cc([N+](=O)[O-])ccc1NC(=O)CC(NCc1cccnc1)C(=O)O.